The lowest BCUT2D eigenvalue weighted by molar-refractivity contribution is 0.112. The zero-order valence-electron chi connectivity index (χ0n) is 15.9. The zero-order chi connectivity index (χ0) is 18.5. The molecule has 1 saturated heterocycles. The maximum Gasteiger partial charge on any atom is 0.150 e. The summed E-state index contributed by atoms with van der Waals surface area (Å²) in [4.78, 5) is 11.1. The molecule has 0 bridgehead atoms. The van der Waals surface area contributed by atoms with Crippen molar-refractivity contribution in [3.8, 4) is 0 Å². The Labute approximate surface area is 166 Å². The monoisotopic (exact) mass is 384 g/mol. The van der Waals surface area contributed by atoms with Gasteiger partial charge >= 0.3 is 0 Å². The second-order valence-corrected chi connectivity index (χ2v) is 10.5. The maximum absolute atomic E-state index is 11.1. The number of rotatable bonds is 6. The van der Waals surface area contributed by atoms with Gasteiger partial charge in [0.25, 0.3) is 0 Å². The van der Waals surface area contributed by atoms with Gasteiger partial charge in [-0.25, -0.2) is 0 Å². The molecule has 1 heterocycles. The first-order chi connectivity index (χ1) is 12.5. The number of thioether (sulfide) groups is 2. The number of hydrogen-bond acceptors (Lipinski definition) is 3. The first kappa shape index (κ1) is 19.6. The summed E-state index contributed by atoms with van der Waals surface area (Å²) in [5.74, 6) is 1.89. The molecule has 0 radical (unpaired) electrons. The van der Waals surface area contributed by atoms with Crippen LogP contribution in [0, 0.1) is 19.8 Å². The first-order valence-electron chi connectivity index (χ1n) is 9.43. The van der Waals surface area contributed by atoms with Crippen molar-refractivity contribution in [1.29, 1.82) is 0 Å². The van der Waals surface area contributed by atoms with Crippen LogP contribution in [-0.4, -0.2) is 17.3 Å². The van der Waals surface area contributed by atoms with E-state index in [4.69, 9.17) is 0 Å². The van der Waals surface area contributed by atoms with E-state index in [1.54, 1.807) is 0 Å². The molecule has 2 aromatic carbocycles. The van der Waals surface area contributed by atoms with Crippen molar-refractivity contribution in [2.75, 3.05) is 5.75 Å². The van der Waals surface area contributed by atoms with Gasteiger partial charge in [0, 0.05) is 10.8 Å². The van der Waals surface area contributed by atoms with E-state index >= 15 is 0 Å². The molecule has 0 spiro atoms. The van der Waals surface area contributed by atoms with E-state index in [9.17, 15) is 4.79 Å². The Bertz CT molecular complexity index is 756. The lowest BCUT2D eigenvalue weighted by Gasteiger charge is -2.30. The average molecular weight is 385 g/mol. The number of benzene rings is 2. The van der Waals surface area contributed by atoms with E-state index in [2.05, 4.69) is 80.7 Å². The molecule has 3 atom stereocenters. The summed E-state index contributed by atoms with van der Waals surface area (Å²) >= 11 is 4.24. The van der Waals surface area contributed by atoms with Crippen molar-refractivity contribution >= 4 is 29.8 Å². The molecule has 3 heteroatoms. The SMILES string of the molecule is Cc1cc(C=O)cc(C[C@@H](C)CC2CCSC(c3cccc(C)c3)S2)c1. The van der Waals surface area contributed by atoms with Gasteiger partial charge in [-0.15, -0.1) is 23.5 Å². The van der Waals surface area contributed by atoms with E-state index in [1.165, 1.54) is 40.8 Å². The predicted octanol–water partition coefficient (Wildman–Crippen LogP) is 6.62. The molecule has 138 valence electrons. The molecule has 1 nitrogen and oxygen atoms in total. The van der Waals surface area contributed by atoms with Crippen molar-refractivity contribution < 1.29 is 4.79 Å². The van der Waals surface area contributed by atoms with Gasteiger partial charge in [-0.05, 0) is 68.0 Å². The molecule has 1 fully saturated rings. The first-order valence-corrected chi connectivity index (χ1v) is 11.4. The minimum absolute atomic E-state index is 0.571. The second kappa shape index (κ2) is 9.14. The molecule has 2 unspecified atom stereocenters. The Hall–Kier alpha value is -1.19. The van der Waals surface area contributed by atoms with Gasteiger partial charge in [0.2, 0.25) is 0 Å². The Kier molecular flexibility index (Phi) is 6.88. The molecule has 0 saturated carbocycles. The normalized spacial score (nSPS) is 21.3. The number of aldehydes is 1. The topological polar surface area (TPSA) is 17.1 Å². The molecule has 0 amide bonds. The fourth-order valence-corrected chi connectivity index (χ4v) is 7.31. The predicted molar refractivity (Wildman–Crippen MR) is 116 cm³/mol. The van der Waals surface area contributed by atoms with E-state index < -0.39 is 0 Å². The Morgan fingerprint density at radius 3 is 2.77 bits per heavy atom. The summed E-state index contributed by atoms with van der Waals surface area (Å²) in [7, 11) is 0. The highest BCUT2D eigenvalue weighted by atomic mass is 32.2. The van der Waals surface area contributed by atoms with Crippen LogP contribution in [0.1, 0.15) is 57.0 Å². The Morgan fingerprint density at radius 1 is 1.15 bits per heavy atom. The zero-order valence-corrected chi connectivity index (χ0v) is 17.5. The Balaban J connectivity index is 1.59. The van der Waals surface area contributed by atoms with Crippen LogP contribution in [0.15, 0.2) is 42.5 Å². The number of hydrogen-bond donors (Lipinski definition) is 0. The van der Waals surface area contributed by atoms with Crippen LogP contribution in [0.25, 0.3) is 0 Å². The molecule has 0 aromatic heterocycles. The summed E-state index contributed by atoms with van der Waals surface area (Å²) < 4.78 is 0.571. The molecule has 26 heavy (non-hydrogen) atoms. The Morgan fingerprint density at radius 2 is 2.00 bits per heavy atom. The van der Waals surface area contributed by atoms with Gasteiger partial charge in [0.15, 0.2) is 0 Å². The van der Waals surface area contributed by atoms with Gasteiger partial charge in [-0.3, -0.25) is 4.79 Å². The van der Waals surface area contributed by atoms with Gasteiger partial charge in [0.1, 0.15) is 6.29 Å². The van der Waals surface area contributed by atoms with Gasteiger partial charge in [-0.1, -0.05) is 48.4 Å². The van der Waals surface area contributed by atoms with Crippen molar-refractivity contribution in [2.24, 2.45) is 5.92 Å². The molecule has 1 aliphatic rings. The summed E-state index contributed by atoms with van der Waals surface area (Å²) in [6, 6.07) is 15.2. The largest absolute Gasteiger partial charge is 0.298 e. The van der Waals surface area contributed by atoms with Crippen LogP contribution < -0.4 is 0 Å². The van der Waals surface area contributed by atoms with Crippen LogP contribution in [0.3, 0.4) is 0 Å². The highest BCUT2D eigenvalue weighted by Crippen LogP contribution is 2.48. The van der Waals surface area contributed by atoms with Crippen LogP contribution in [0.5, 0.6) is 0 Å². The van der Waals surface area contributed by atoms with Crippen LogP contribution >= 0.6 is 23.5 Å². The van der Waals surface area contributed by atoms with E-state index in [0.29, 0.717) is 10.5 Å². The van der Waals surface area contributed by atoms with Crippen LogP contribution in [-0.2, 0) is 6.42 Å². The quantitative estimate of drug-likeness (QED) is 0.521. The van der Waals surface area contributed by atoms with Gasteiger partial charge < -0.3 is 0 Å². The van der Waals surface area contributed by atoms with Crippen molar-refractivity contribution in [2.45, 2.75) is 49.9 Å². The summed E-state index contributed by atoms with van der Waals surface area (Å²) in [5.41, 5.74) is 6.09. The third kappa shape index (κ3) is 5.40. The smallest absolute Gasteiger partial charge is 0.150 e. The fourth-order valence-electron chi connectivity index (χ4n) is 3.77. The average Bonchev–Trinajstić information content (AvgIpc) is 2.61. The standard InChI is InChI=1S/C23H28OS2/c1-16-5-4-6-21(12-16)23-25-8-7-22(26-23)13-18(3)10-19-9-17(2)11-20(14-19)15-24/h4-6,9,11-12,14-15,18,22-23H,7-8,10,13H2,1-3H3/t18-,22?,23?/m1/s1. The van der Waals surface area contributed by atoms with Crippen LogP contribution in [0.4, 0.5) is 0 Å². The molecule has 2 aromatic rings. The van der Waals surface area contributed by atoms with Gasteiger partial charge in [-0.2, -0.15) is 0 Å². The van der Waals surface area contributed by atoms with Crippen molar-refractivity contribution in [1.82, 2.24) is 0 Å². The van der Waals surface area contributed by atoms with Gasteiger partial charge in [0.05, 0.1) is 4.58 Å². The van der Waals surface area contributed by atoms with E-state index in [1.807, 2.05) is 6.07 Å². The lowest BCUT2D eigenvalue weighted by Crippen LogP contribution is -2.17. The van der Waals surface area contributed by atoms with E-state index in [-0.39, 0.29) is 0 Å². The third-order valence-corrected chi connectivity index (χ3v) is 8.00. The number of carbonyl (C=O) groups excluding carboxylic acids is 1. The van der Waals surface area contributed by atoms with Crippen molar-refractivity contribution in [3.05, 3.63) is 70.3 Å². The third-order valence-electron chi connectivity index (χ3n) is 4.88. The molecule has 0 N–H and O–H groups in total. The van der Waals surface area contributed by atoms with E-state index in [0.717, 1.165) is 23.5 Å². The lowest BCUT2D eigenvalue weighted by atomic mass is 9.94. The molecule has 3 rings (SSSR count). The molecule has 1 aliphatic heterocycles. The maximum atomic E-state index is 11.1. The minimum Gasteiger partial charge on any atom is -0.298 e. The highest BCUT2D eigenvalue weighted by molar-refractivity contribution is 8.17. The number of aryl methyl sites for hydroxylation is 2. The summed E-state index contributed by atoms with van der Waals surface area (Å²) in [6.45, 7) is 6.60. The molecular weight excluding hydrogens is 356 g/mol. The second-order valence-electron chi connectivity index (χ2n) is 7.58. The highest BCUT2D eigenvalue weighted by Gasteiger charge is 2.25. The molecule has 0 aliphatic carbocycles. The molecular formula is C23H28OS2. The van der Waals surface area contributed by atoms with Crippen molar-refractivity contribution in [3.63, 3.8) is 0 Å². The number of carbonyl (C=O) groups is 1. The summed E-state index contributed by atoms with van der Waals surface area (Å²) in [5, 5.41) is 0.729. The fraction of sp³-hybridized carbons (Fsp3) is 0.435. The van der Waals surface area contributed by atoms with Crippen LogP contribution in [0.2, 0.25) is 0 Å². The summed E-state index contributed by atoms with van der Waals surface area (Å²) in [6.07, 6.45) is 4.57. The minimum atomic E-state index is 0.571.